The van der Waals surface area contributed by atoms with Gasteiger partial charge in [0.05, 0.1) is 30.1 Å². The molecule has 1 aliphatic heterocycles. The highest BCUT2D eigenvalue weighted by Crippen LogP contribution is 2.34. The Hall–Kier alpha value is -2.82. The zero-order chi connectivity index (χ0) is 29.1. The molecule has 1 saturated heterocycles. The van der Waals surface area contributed by atoms with E-state index < -0.39 is 11.4 Å². The Balaban J connectivity index is 0.951. The van der Waals surface area contributed by atoms with Crippen LogP contribution in [0, 0.1) is 17.7 Å². The van der Waals surface area contributed by atoms with E-state index in [4.69, 9.17) is 15.2 Å². The number of halogens is 1. The van der Waals surface area contributed by atoms with Gasteiger partial charge in [-0.3, -0.25) is 4.79 Å². The molecule has 2 aliphatic carbocycles. The highest BCUT2D eigenvalue weighted by Gasteiger charge is 2.33. The molecule has 42 heavy (non-hydrogen) atoms. The third-order valence-corrected chi connectivity index (χ3v) is 10.4. The molecule has 0 unspecified atom stereocenters. The molecule has 2 saturated carbocycles. The largest absolute Gasteiger partial charge is 0.493 e. The molecule has 2 heterocycles. The second kappa shape index (κ2) is 13.2. The average Bonchev–Trinajstić information content (AvgIpc) is 2.96. The number of aromatic amines is 1. The van der Waals surface area contributed by atoms with Gasteiger partial charge in [-0.15, -0.1) is 0 Å². The molecule has 226 valence electrons. The van der Waals surface area contributed by atoms with Crippen molar-refractivity contribution >= 4 is 28.4 Å². The van der Waals surface area contributed by atoms with Crippen LogP contribution in [0.25, 0.3) is 10.9 Å². The van der Waals surface area contributed by atoms with Crippen molar-refractivity contribution in [3.63, 3.8) is 0 Å². The Bertz CT molecular complexity index is 1400. The number of H-pyrrole nitrogens is 1. The summed E-state index contributed by atoms with van der Waals surface area (Å²) in [5.74, 6) is 2.88. The zero-order valence-corrected chi connectivity index (χ0v) is 24.8. The van der Waals surface area contributed by atoms with Crippen molar-refractivity contribution < 1.29 is 19.0 Å². The van der Waals surface area contributed by atoms with E-state index in [1.54, 1.807) is 17.8 Å². The fourth-order valence-electron chi connectivity index (χ4n) is 6.38. The summed E-state index contributed by atoms with van der Waals surface area (Å²) in [7, 11) is 0. The van der Waals surface area contributed by atoms with E-state index in [1.807, 2.05) is 24.3 Å². The van der Waals surface area contributed by atoms with Crippen LogP contribution in [-0.2, 0) is 5.75 Å². The summed E-state index contributed by atoms with van der Waals surface area (Å²) in [4.78, 5) is 22.5. The van der Waals surface area contributed by atoms with E-state index in [0.717, 1.165) is 82.4 Å². The monoisotopic (exact) mass is 596 g/mol. The summed E-state index contributed by atoms with van der Waals surface area (Å²) < 4.78 is 27.0. The van der Waals surface area contributed by atoms with Gasteiger partial charge in [0.1, 0.15) is 28.5 Å². The van der Waals surface area contributed by atoms with Gasteiger partial charge in [-0.25, -0.2) is 9.37 Å². The van der Waals surface area contributed by atoms with Crippen LogP contribution in [-0.4, -0.2) is 63.7 Å². The summed E-state index contributed by atoms with van der Waals surface area (Å²) in [6, 6.07) is 10.6. The lowest BCUT2D eigenvalue weighted by atomic mass is 9.81. The van der Waals surface area contributed by atoms with Crippen LogP contribution in [0.3, 0.4) is 0 Å². The minimum atomic E-state index is -0.606. The summed E-state index contributed by atoms with van der Waals surface area (Å²) in [5, 5.41) is 10.1. The van der Waals surface area contributed by atoms with E-state index in [-0.39, 0.29) is 11.5 Å². The van der Waals surface area contributed by atoms with Crippen LogP contribution in [0.2, 0.25) is 0 Å². The van der Waals surface area contributed by atoms with Gasteiger partial charge in [0.25, 0.3) is 5.56 Å². The van der Waals surface area contributed by atoms with Gasteiger partial charge >= 0.3 is 0 Å². The first-order valence-corrected chi connectivity index (χ1v) is 16.3. The maximum absolute atomic E-state index is 14.9. The molecule has 0 atom stereocenters. The molecule has 3 aromatic rings. The Kier molecular flexibility index (Phi) is 9.21. The number of nitrogens with one attached hydrogen (secondary N) is 1. The Morgan fingerprint density at radius 2 is 1.76 bits per heavy atom. The molecule has 0 amide bonds. The number of hydrogen-bond acceptors (Lipinski definition) is 8. The molecule has 6 rings (SSSR count). The Morgan fingerprint density at radius 1 is 1.02 bits per heavy atom. The number of anilines is 1. The Morgan fingerprint density at radius 3 is 2.50 bits per heavy atom. The van der Waals surface area contributed by atoms with Crippen LogP contribution in [0.4, 0.5) is 10.1 Å². The summed E-state index contributed by atoms with van der Waals surface area (Å²) >= 11 is 1.73. The standard InChI is InChI=1S/C32H41FN4O4S/c33-28-15-25(16-29-31(28)32(39)36-30(35-29)19-42-27-7-3-23(38)4-8-27)40-18-20-9-11-37(12-10-20)17-21-13-26(14-21)41-24-5-1-22(34)2-6-24/h1-2,5-6,15-16,20-21,23,26-27,38H,3-4,7-14,17-19,34H2,(H,35,36,39)/t21?,23-,26?,27-. The number of aliphatic hydroxyl groups excluding tert-OH is 1. The van der Waals surface area contributed by atoms with E-state index in [2.05, 4.69) is 14.9 Å². The third-order valence-electron chi connectivity index (χ3n) is 8.97. The molecule has 2 aromatic carbocycles. The van der Waals surface area contributed by atoms with Crippen molar-refractivity contribution in [1.29, 1.82) is 0 Å². The molecule has 4 N–H and O–H groups in total. The van der Waals surface area contributed by atoms with Crippen molar-refractivity contribution in [2.75, 3.05) is 32.0 Å². The number of nitrogen functional groups attached to an aromatic ring is 1. The number of fused-ring (bicyclic) bond motifs is 1. The van der Waals surface area contributed by atoms with Gasteiger partial charge in [-0.1, -0.05) is 0 Å². The van der Waals surface area contributed by atoms with Crippen LogP contribution in [0.1, 0.15) is 57.2 Å². The van der Waals surface area contributed by atoms with Crippen LogP contribution in [0.5, 0.6) is 11.5 Å². The van der Waals surface area contributed by atoms with Gasteiger partial charge in [-0.2, -0.15) is 11.8 Å². The third kappa shape index (κ3) is 7.38. The lowest BCUT2D eigenvalue weighted by molar-refractivity contribution is 0.0328. The van der Waals surface area contributed by atoms with E-state index >= 15 is 0 Å². The quantitative estimate of drug-likeness (QED) is 0.276. The van der Waals surface area contributed by atoms with Gasteiger partial charge in [-0.05, 0) is 101 Å². The summed E-state index contributed by atoms with van der Waals surface area (Å²) in [6.45, 7) is 3.71. The second-order valence-corrected chi connectivity index (χ2v) is 13.5. The number of piperidine rings is 1. The first-order chi connectivity index (χ1) is 20.4. The minimum Gasteiger partial charge on any atom is -0.493 e. The van der Waals surface area contributed by atoms with Crippen LogP contribution in [0.15, 0.2) is 41.2 Å². The van der Waals surface area contributed by atoms with Crippen molar-refractivity contribution in [3.8, 4) is 11.5 Å². The zero-order valence-electron chi connectivity index (χ0n) is 24.0. The number of likely N-dealkylation sites (tertiary alicyclic amines) is 1. The van der Waals surface area contributed by atoms with Crippen molar-refractivity contribution in [2.24, 2.45) is 11.8 Å². The predicted octanol–water partition coefficient (Wildman–Crippen LogP) is 5.13. The van der Waals surface area contributed by atoms with E-state index in [0.29, 0.717) is 52.6 Å². The molecule has 0 spiro atoms. The molecule has 0 bridgehead atoms. The lowest BCUT2D eigenvalue weighted by Crippen LogP contribution is -2.44. The van der Waals surface area contributed by atoms with Crippen LogP contribution < -0.4 is 20.8 Å². The molecule has 8 nitrogen and oxygen atoms in total. The number of benzene rings is 2. The first kappa shape index (κ1) is 29.3. The highest BCUT2D eigenvalue weighted by atomic mass is 32.2. The number of rotatable bonds is 10. The number of aromatic nitrogens is 2. The number of hydrogen-bond donors (Lipinski definition) is 3. The molecular weight excluding hydrogens is 555 g/mol. The van der Waals surface area contributed by atoms with Gasteiger partial charge < -0.3 is 30.2 Å². The maximum Gasteiger partial charge on any atom is 0.261 e. The molecule has 10 heteroatoms. The number of nitrogens with two attached hydrogens (primary N) is 1. The van der Waals surface area contributed by atoms with Gasteiger partial charge in [0.2, 0.25) is 0 Å². The Labute approximate surface area is 250 Å². The van der Waals surface area contributed by atoms with Gasteiger partial charge in [0.15, 0.2) is 0 Å². The predicted molar refractivity (Wildman–Crippen MR) is 165 cm³/mol. The SMILES string of the molecule is Nc1ccc(OC2CC(CN3CCC(COc4cc(F)c5c(=O)[nH]c(CS[C@H]6CC[C@H](O)CC6)nc5c4)CC3)C2)cc1. The topological polar surface area (TPSA) is 114 Å². The normalized spacial score (nSPS) is 25.3. The number of nitrogens with zero attached hydrogens (tertiary/aromatic N) is 2. The first-order valence-electron chi connectivity index (χ1n) is 15.3. The fraction of sp³-hybridized carbons (Fsp3) is 0.562. The summed E-state index contributed by atoms with van der Waals surface area (Å²) in [5.41, 5.74) is 6.37. The van der Waals surface area contributed by atoms with E-state index in [1.165, 1.54) is 6.07 Å². The van der Waals surface area contributed by atoms with E-state index in [9.17, 15) is 14.3 Å². The van der Waals surface area contributed by atoms with Crippen molar-refractivity contribution in [1.82, 2.24) is 14.9 Å². The smallest absolute Gasteiger partial charge is 0.261 e. The molecule has 0 radical (unpaired) electrons. The molecule has 1 aromatic heterocycles. The van der Waals surface area contributed by atoms with Crippen molar-refractivity contribution in [3.05, 3.63) is 58.4 Å². The average molecular weight is 597 g/mol. The maximum atomic E-state index is 14.9. The lowest BCUT2D eigenvalue weighted by Gasteiger charge is -2.40. The fourth-order valence-corrected chi connectivity index (χ4v) is 7.52. The highest BCUT2D eigenvalue weighted by molar-refractivity contribution is 7.99. The molecular formula is C32H41FN4O4S. The van der Waals surface area contributed by atoms with Crippen LogP contribution >= 0.6 is 11.8 Å². The number of thioether (sulfide) groups is 1. The summed E-state index contributed by atoms with van der Waals surface area (Å²) in [6.07, 6.45) is 7.89. The number of aliphatic hydroxyl groups is 1. The van der Waals surface area contributed by atoms with Gasteiger partial charge in [0, 0.05) is 29.6 Å². The van der Waals surface area contributed by atoms with Crippen molar-refractivity contribution in [2.45, 2.75) is 74.6 Å². The molecule has 3 fully saturated rings. The number of ether oxygens (including phenoxy) is 2. The second-order valence-electron chi connectivity index (χ2n) is 12.3. The molecule has 3 aliphatic rings. The minimum absolute atomic E-state index is 0.0257.